The Morgan fingerprint density at radius 2 is 1.33 bits per heavy atom. The van der Waals surface area contributed by atoms with Crippen molar-refractivity contribution >= 4 is 11.8 Å². The van der Waals surface area contributed by atoms with E-state index in [-0.39, 0.29) is 17.9 Å². The van der Waals surface area contributed by atoms with Gasteiger partial charge in [0.05, 0.1) is 5.92 Å². The molecule has 2 N–H and O–H groups in total. The van der Waals surface area contributed by atoms with Crippen LogP contribution in [0.25, 0.3) is 0 Å². The van der Waals surface area contributed by atoms with Crippen LogP contribution in [0, 0.1) is 0 Å². The van der Waals surface area contributed by atoms with Gasteiger partial charge in [0.25, 0.3) is 0 Å². The summed E-state index contributed by atoms with van der Waals surface area (Å²) in [6, 6.07) is 19.1. The molecule has 1 unspecified atom stereocenters. The minimum absolute atomic E-state index is 0.102. The third-order valence-electron chi connectivity index (χ3n) is 5.23. The standard InChI is InChI=1S/C23H28N2O2/c1-17(22(26)25-20-15-9-4-10-16-20)24-23(27)21(18-11-5-2-6-12-18)19-13-7-3-8-14-19/h2-3,5-8,11-14,17,20-21H,4,9-10,15-16H2,1H3,(H,24,27)(H,25,26). The van der Waals surface area contributed by atoms with E-state index in [1.165, 1.54) is 6.42 Å². The Labute approximate surface area is 161 Å². The number of nitrogens with one attached hydrogen (secondary N) is 2. The van der Waals surface area contributed by atoms with Crippen molar-refractivity contribution in [2.24, 2.45) is 0 Å². The van der Waals surface area contributed by atoms with Gasteiger partial charge in [-0.3, -0.25) is 9.59 Å². The zero-order chi connectivity index (χ0) is 19.1. The van der Waals surface area contributed by atoms with E-state index in [9.17, 15) is 9.59 Å². The van der Waals surface area contributed by atoms with Crippen LogP contribution in [0.4, 0.5) is 0 Å². The summed E-state index contributed by atoms with van der Waals surface area (Å²) in [6.45, 7) is 1.75. The maximum Gasteiger partial charge on any atom is 0.242 e. The van der Waals surface area contributed by atoms with Gasteiger partial charge in [-0.1, -0.05) is 79.9 Å². The summed E-state index contributed by atoms with van der Waals surface area (Å²) in [5.41, 5.74) is 1.84. The van der Waals surface area contributed by atoms with Crippen molar-refractivity contribution in [2.45, 2.75) is 57.0 Å². The van der Waals surface area contributed by atoms with Crippen LogP contribution >= 0.6 is 0 Å². The molecule has 0 saturated heterocycles. The molecular weight excluding hydrogens is 336 g/mol. The minimum atomic E-state index is -0.561. The summed E-state index contributed by atoms with van der Waals surface area (Å²) in [6.07, 6.45) is 5.63. The highest BCUT2D eigenvalue weighted by Crippen LogP contribution is 2.25. The molecule has 4 nitrogen and oxygen atoms in total. The first kappa shape index (κ1) is 19.2. The SMILES string of the molecule is CC(NC(=O)C(c1ccccc1)c1ccccc1)C(=O)NC1CCCCC1. The van der Waals surface area contributed by atoms with Crippen molar-refractivity contribution in [1.82, 2.24) is 10.6 Å². The van der Waals surface area contributed by atoms with E-state index < -0.39 is 12.0 Å². The molecule has 3 rings (SSSR count). The molecule has 0 aromatic heterocycles. The molecule has 0 aliphatic heterocycles. The highest BCUT2D eigenvalue weighted by Gasteiger charge is 2.26. The Kier molecular flexibility index (Phi) is 6.64. The molecule has 2 aromatic rings. The summed E-state index contributed by atoms with van der Waals surface area (Å²) in [5, 5.41) is 6.00. The number of carbonyl (C=O) groups excluding carboxylic acids is 2. The van der Waals surface area contributed by atoms with Crippen LogP contribution in [0.2, 0.25) is 0 Å². The van der Waals surface area contributed by atoms with Crippen LogP contribution in [-0.4, -0.2) is 23.9 Å². The number of hydrogen-bond acceptors (Lipinski definition) is 2. The lowest BCUT2D eigenvalue weighted by molar-refractivity contribution is -0.129. The molecule has 27 heavy (non-hydrogen) atoms. The van der Waals surface area contributed by atoms with Crippen LogP contribution in [0.3, 0.4) is 0 Å². The van der Waals surface area contributed by atoms with Gasteiger partial charge >= 0.3 is 0 Å². The number of carbonyl (C=O) groups is 2. The highest BCUT2D eigenvalue weighted by atomic mass is 16.2. The molecule has 4 heteroatoms. The Hall–Kier alpha value is -2.62. The lowest BCUT2D eigenvalue weighted by Gasteiger charge is -2.25. The Morgan fingerprint density at radius 3 is 1.85 bits per heavy atom. The zero-order valence-electron chi connectivity index (χ0n) is 15.9. The smallest absolute Gasteiger partial charge is 0.242 e. The molecule has 1 aliphatic carbocycles. The van der Waals surface area contributed by atoms with E-state index in [0.717, 1.165) is 36.8 Å². The van der Waals surface area contributed by atoms with Crippen molar-refractivity contribution in [2.75, 3.05) is 0 Å². The van der Waals surface area contributed by atoms with Crippen LogP contribution in [0.15, 0.2) is 60.7 Å². The molecule has 1 aliphatic rings. The largest absolute Gasteiger partial charge is 0.352 e. The quantitative estimate of drug-likeness (QED) is 0.820. The van der Waals surface area contributed by atoms with E-state index in [1.807, 2.05) is 60.7 Å². The average Bonchev–Trinajstić information content (AvgIpc) is 2.70. The maximum atomic E-state index is 13.1. The molecule has 142 valence electrons. The third kappa shape index (κ3) is 5.19. The van der Waals surface area contributed by atoms with Crippen LogP contribution in [0.5, 0.6) is 0 Å². The summed E-state index contributed by atoms with van der Waals surface area (Å²) < 4.78 is 0. The fourth-order valence-electron chi connectivity index (χ4n) is 3.72. The van der Waals surface area contributed by atoms with Crippen LogP contribution in [0.1, 0.15) is 56.1 Å². The van der Waals surface area contributed by atoms with Crippen molar-refractivity contribution in [1.29, 1.82) is 0 Å². The first-order valence-corrected chi connectivity index (χ1v) is 9.86. The van der Waals surface area contributed by atoms with E-state index in [1.54, 1.807) is 6.92 Å². The normalized spacial score (nSPS) is 15.9. The lowest BCUT2D eigenvalue weighted by Crippen LogP contribution is -2.49. The summed E-state index contributed by atoms with van der Waals surface area (Å²) >= 11 is 0. The Morgan fingerprint density at radius 1 is 0.815 bits per heavy atom. The summed E-state index contributed by atoms with van der Waals surface area (Å²) in [7, 11) is 0. The van der Waals surface area contributed by atoms with Gasteiger partial charge < -0.3 is 10.6 Å². The average molecular weight is 364 g/mol. The van der Waals surface area contributed by atoms with Crippen molar-refractivity contribution in [3.63, 3.8) is 0 Å². The minimum Gasteiger partial charge on any atom is -0.352 e. The molecule has 0 radical (unpaired) electrons. The van der Waals surface area contributed by atoms with E-state index >= 15 is 0 Å². The maximum absolute atomic E-state index is 13.1. The second-order valence-electron chi connectivity index (χ2n) is 7.33. The summed E-state index contributed by atoms with van der Waals surface area (Å²) in [4.78, 5) is 25.6. The fourth-order valence-corrected chi connectivity index (χ4v) is 3.72. The van der Waals surface area contributed by atoms with E-state index in [4.69, 9.17) is 0 Å². The number of rotatable bonds is 6. The topological polar surface area (TPSA) is 58.2 Å². The molecule has 0 heterocycles. The van der Waals surface area contributed by atoms with Gasteiger partial charge in [-0.25, -0.2) is 0 Å². The number of hydrogen-bond donors (Lipinski definition) is 2. The molecule has 1 atom stereocenters. The first-order chi connectivity index (χ1) is 13.1. The van der Waals surface area contributed by atoms with Crippen LogP contribution in [-0.2, 0) is 9.59 Å². The zero-order valence-corrected chi connectivity index (χ0v) is 15.9. The van der Waals surface area contributed by atoms with E-state index in [0.29, 0.717) is 0 Å². The predicted molar refractivity (Wildman–Crippen MR) is 107 cm³/mol. The predicted octanol–water partition coefficient (Wildman–Crippen LogP) is 3.77. The number of amides is 2. The molecule has 1 fully saturated rings. The first-order valence-electron chi connectivity index (χ1n) is 9.86. The molecule has 1 saturated carbocycles. The highest BCUT2D eigenvalue weighted by molar-refractivity contribution is 5.92. The van der Waals surface area contributed by atoms with Crippen molar-refractivity contribution < 1.29 is 9.59 Å². The monoisotopic (exact) mass is 364 g/mol. The van der Waals surface area contributed by atoms with Crippen molar-refractivity contribution in [3.05, 3.63) is 71.8 Å². The lowest BCUT2D eigenvalue weighted by atomic mass is 9.90. The molecule has 2 aromatic carbocycles. The van der Waals surface area contributed by atoms with Gasteiger partial charge in [0.1, 0.15) is 6.04 Å². The van der Waals surface area contributed by atoms with Gasteiger partial charge in [0.2, 0.25) is 11.8 Å². The van der Waals surface area contributed by atoms with Crippen LogP contribution < -0.4 is 10.6 Å². The Bertz CT molecular complexity index is 700. The molecular formula is C23H28N2O2. The molecule has 0 spiro atoms. The second kappa shape index (κ2) is 9.36. The Balaban J connectivity index is 1.69. The molecule has 0 bridgehead atoms. The summed E-state index contributed by atoms with van der Waals surface area (Å²) in [5.74, 6) is -0.689. The third-order valence-corrected chi connectivity index (χ3v) is 5.23. The van der Waals surface area contributed by atoms with Gasteiger partial charge in [-0.15, -0.1) is 0 Å². The van der Waals surface area contributed by atoms with Gasteiger partial charge in [0, 0.05) is 6.04 Å². The van der Waals surface area contributed by atoms with E-state index in [2.05, 4.69) is 10.6 Å². The fraction of sp³-hybridized carbons (Fsp3) is 0.391. The van der Waals surface area contributed by atoms with Crippen molar-refractivity contribution in [3.8, 4) is 0 Å². The van der Waals surface area contributed by atoms with Gasteiger partial charge in [-0.05, 0) is 30.9 Å². The van der Waals surface area contributed by atoms with Gasteiger partial charge in [-0.2, -0.15) is 0 Å². The molecule has 2 amide bonds. The van der Waals surface area contributed by atoms with Gasteiger partial charge in [0.15, 0.2) is 0 Å². The number of benzene rings is 2. The second-order valence-corrected chi connectivity index (χ2v) is 7.33.